The van der Waals surface area contributed by atoms with Crippen molar-refractivity contribution in [3.05, 3.63) is 23.2 Å². The van der Waals surface area contributed by atoms with Gasteiger partial charge >= 0.3 is 0 Å². The first-order valence-corrected chi connectivity index (χ1v) is 4.59. The Morgan fingerprint density at radius 3 is 2.79 bits per heavy atom. The van der Waals surface area contributed by atoms with Gasteiger partial charge in [-0.3, -0.25) is 0 Å². The molecule has 14 heavy (non-hydrogen) atoms. The summed E-state index contributed by atoms with van der Waals surface area (Å²) in [5.41, 5.74) is 6.87. The molecule has 4 nitrogen and oxygen atoms in total. The molecule has 0 saturated heterocycles. The molecule has 0 aliphatic rings. The van der Waals surface area contributed by atoms with E-state index in [2.05, 4.69) is 5.32 Å². The SMILES string of the molecule is Nc1cc(Cl)ccc1NCC(O)CO. The minimum atomic E-state index is -0.787. The summed E-state index contributed by atoms with van der Waals surface area (Å²) in [5.74, 6) is 0. The molecule has 0 fully saturated rings. The highest BCUT2D eigenvalue weighted by molar-refractivity contribution is 6.31. The molecule has 0 aliphatic carbocycles. The van der Waals surface area contributed by atoms with Gasteiger partial charge in [0.25, 0.3) is 0 Å². The summed E-state index contributed by atoms with van der Waals surface area (Å²) in [4.78, 5) is 0. The molecular weight excluding hydrogens is 204 g/mol. The molecule has 0 heterocycles. The van der Waals surface area contributed by atoms with E-state index in [-0.39, 0.29) is 13.2 Å². The minimum absolute atomic E-state index is 0.252. The summed E-state index contributed by atoms with van der Waals surface area (Å²) in [7, 11) is 0. The highest BCUT2D eigenvalue weighted by atomic mass is 35.5. The maximum Gasteiger partial charge on any atom is 0.0942 e. The Morgan fingerprint density at radius 2 is 2.21 bits per heavy atom. The molecule has 78 valence electrons. The van der Waals surface area contributed by atoms with Crippen LogP contribution in [-0.2, 0) is 0 Å². The zero-order chi connectivity index (χ0) is 10.6. The third-order valence-electron chi connectivity index (χ3n) is 1.75. The van der Waals surface area contributed by atoms with Crippen LogP contribution in [0.4, 0.5) is 11.4 Å². The van der Waals surface area contributed by atoms with Gasteiger partial charge in [-0.2, -0.15) is 0 Å². The molecular formula is C9H13ClN2O2. The van der Waals surface area contributed by atoms with Crippen molar-refractivity contribution < 1.29 is 10.2 Å². The van der Waals surface area contributed by atoms with Gasteiger partial charge in [0.15, 0.2) is 0 Å². The maximum atomic E-state index is 9.09. The second kappa shape index (κ2) is 5.05. The maximum absolute atomic E-state index is 9.09. The van der Waals surface area contributed by atoms with Crippen LogP contribution < -0.4 is 11.1 Å². The van der Waals surface area contributed by atoms with Crippen molar-refractivity contribution in [2.24, 2.45) is 0 Å². The van der Waals surface area contributed by atoms with Gasteiger partial charge in [0.2, 0.25) is 0 Å². The molecule has 0 spiro atoms. The number of benzene rings is 1. The molecule has 0 amide bonds. The molecule has 0 bridgehead atoms. The molecule has 5 N–H and O–H groups in total. The molecule has 0 saturated carbocycles. The van der Waals surface area contributed by atoms with Crippen LogP contribution in [0.3, 0.4) is 0 Å². The lowest BCUT2D eigenvalue weighted by Gasteiger charge is -2.12. The average molecular weight is 217 g/mol. The molecule has 1 atom stereocenters. The monoisotopic (exact) mass is 216 g/mol. The van der Waals surface area contributed by atoms with E-state index in [1.807, 2.05) is 0 Å². The number of aliphatic hydroxyl groups is 2. The second-order valence-corrected chi connectivity index (χ2v) is 3.39. The van der Waals surface area contributed by atoms with E-state index in [1.54, 1.807) is 18.2 Å². The number of nitrogen functional groups attached to an aromatic ring is 1. The Hall–Kier alpha value is -0.970. The third kappa shape index (κ3) is 3.06. The summed E-state index contributed by atoms with van der Waals surface area (Å²) in [6.45, 7) is -0.0250. The quantitative estimate of drug-likeness (QED) is 0.559. The summed E-state index contributed by atoms with van der Waals surface area (Å²) in [6, 6.07) is 5.04. The predicted molar refractivity (Wildman–Crippen MR) is 57.4 cm³/mol. The van der Waals surface area contributed by atoms with Crippen LogP contribution in [0.1, 0.15) is 0 Å². The van der Waals surface area contributed by atoms with Crippen LogP contribution in [0.5, 0.6) is 0 Å². The topological polar surface area (TPSA) is 78.5 Å². The fraction of sp³-hybridized carbons (Fsp3) is 0.333. The number of hydrogen-bond donors (Lipinski definition) is 4. The van der Waals surface area contributed by atoms with Gasteiger partial charge < -0.3 is 21.3 Å². The molecule has 0 aliphatic heterocycles. The van der Waals surface area contributed by atoms with E-state index in [4.69, 9.17) is 27.5 Å². The van der Waals surface area contributed by atoms with Crippen LogP contribution in [-0.4, -0.2) is 29.5 Å². The minimum Gasteiger partial charge on any atom is -0.397 e. The van der Waals surface area contributed by atoms with Gasteiger partial charge in [-0.1, -0.05) is 11.6 Å². The van der Waals surface area contributed by atoms with Gasteiger partial charge in [-0.25, -0.2) is 0 Å². The van der Waals surface area contributed by atoms with Crippen LogP contribution >= 0.6 is 11.6 Å². The fourth-order valence-electron chi connectivity index (χ4n) is 0.987. The van der Waals surface area contributed by atoms with Gasteiger partial charge in [0.05, 0.1) is 24.1 Å². The molecule has 0 radical (unpaired) electrons. The van der Waals surface area contributed by atoms with Crippen molar-refractivity contribution in [1.29, 1.82) is 0 Å². The number of aliphatic hydroxyl groups excluding tert-OH is 2. The number of halogens is 1. The number of nitrogens with two attached hydrogens (primary N) is 1. The third-order valence-corrected chi connectivity index (χ3v) is 1.99. The lowest BCUT2D eigenvalue weighted by Crippen LogP contribution is -2.23. The zero-order valence-corrected chi connectivity index (χ0v) is 8.33. The predicted octanol–water partition coefficient (Wildman–Crippen LogP) is 0.687. The van der Waals surface area contributed by atoms with E-state index >= 15 is 0 Å². The average Bonchev–Trinajstić information content (AvgIpc) is 2.16. The van der Waals surface area contributed by atoms with Gasteiger partial charge in [0, 0.05) is 11.6 Å². The van der Waals surface area contributed by atoms with Crippen molar-refractivity contribution in [2.45, 2.75) is 6.10 Å². The number of nitrogens with one attached hydrogen (secondary N) is 1. The Morgan fingerprint density at radius 1 is 1.50 bits per heavy atom. The number of rotatable bonds is 4. The van der Waals surface area contributed by atoms with Crippen LogP contribution in [0.2, 0.25) is 5.02 Å². The van der Waals surface area contributed by atoms with E-state index in [9.17, 15) is 0 Å². The first kappa shape index (κ1) is 11.1. The standard InChI is InChI=1S/C9H13ClN2O2/c10-6-1-2-9(8(11)3-6)12-4-7(14)5-13/h1-3,7,12-14H,4-5,11H2. The summed E-state index contributed by atoms with van der Waals surface area (Å²) in [6.07, 6.45) is -0.787. The largest absolute Gasteiger partial charge is 0.397 e. The van der Waals surface area contributed by atoms with Crippen LogP contribution in [0, 0.1) is 0 Å². The first-order valence-electron chi connectivity index (χ1n) is 4.21. The fourth-order valence-corrected chi connectivity index (χ4v) is 1.17. The molecule has 0 aromatic heterocycles. The lowest BCUT2D eigenvalue weighted by molar-refractivity contribution is 0.105. The van der Waals surface area contributed by atoms with E-state index in [1.165, 1.54) is 0 Å². The summed E-state index contributed by atoms with van der Waals surface area (Å²) < 4.78 is 0. The molecule has 1 aromatic rings. The van der Waals surface area contributed by atoms with Gasteiger partial charge in [0.1, 0.15) is 0 Å². The highest BCUT2D eigenvalue weighted by Crippen LogP contribution is 2.22. The smallest absolute Gasteiger partial charge is 0.0942 e. The normalized spacial score (nSPS) is 12.5. The van der Waals surface area contributed by atoms with E-state index in [0.29, 0.717) is 16.4 Å². The Kier molecular flexibility index (Phi) is 4.00. The van der Waals surface area contributed by atoms with Crippen molar-refractivity contribution in [3.63, 3.8) is 0 Å². The molecule has 1 rings (SSSR count). The van der Waals surface area contributed by atoms with Crippen molar-refractivity contribution in [1.82, 2.24) is 0 Å². The lowest BCUT2D eigenvalue weighted by atomic mass is 10.2. The second-order valence-electron chi connectivity index (χ2n) is 2.95. The molecule has 1 aromatic carbocycles. The molecule has 1 unspecified atom stereocenters. The summed E-state index contributed by atoms with van der Waals surface area (Å²) in [5, 5.41) is 21.1. The summed E-state index contributed by atoms with van der Waals surface area (Å²) >= 11 is 5.71. The van der Waals surface area contributed by atoms with Crippen LogP contribution in [0.25, 0.3) is 0 Å². The van der Waals surface area contributed by atoms with E-state index < -0.39 is 6.10 Å². The van der Waals surface area contributed by atoms with Crippen molar-refractivity contribution in [2.75, 3.05) is 24.2 Å². The van der Waals surface area contributed by atoms with Crippen molar-refractivity contribution >= 4 is 23.0 Å². The van der Waals surface area contributed by atoms with Gasteiger partial charge in [-0.05, 0) is 18.2 Å². The first-order chi connectivity index (χ1) is 6.63. The van der Waals surface area contributed by atoms with E-state index in [0.717, 1.165) is 0 Å². The Bertz CT molecular complexity index is 307. The zero-order valence-electron chi connectivity index (χ0n) is 7.57. The number of hydrogen-bond acceptors (Lipinski definition) is 4. The Labute approximate surface area is 87.3 Å². The highest BCUT2D eigenvalue weighted by Gasteiger charge is 2.03. The van der Waals surface area contributed by atoms with Crippen LogP contribution in [0.15, 0.2) is 18.2 Å². The Balaban J connectivity index is 2.59. The molecule has 5 heteroatoms. The van der Waals surface area contributed by atoms with Crippen molar-refractivity contribution in [3.8, 4) is 0 Å². The number of anilines is 2. The van der Waals surface area contributed by atoms with Gasteiger partial charge in [-0.15, -0.1) is 0 Å².